The van der Waals surface area contributed by atoms with Crippen LogP contribution < -0.4 is 16.4 Å². The number of amides is 2. The van der Waals surface area contributed by atoms with Gasteiger partial charge in [0.2, 0.25) is 5.91 Å². The van der Waals surface area contributed by atoms with E-state index in [0.717, 1.165) is 25.7 Å². The summed E-state index contributed by atoms with van der Waals surface area (Å²) < 4.78 is 0. The quantitative estimate of drug-likeness (QED) is 0.730. The van der Waals surface area contributed by atoms with E-state index in [4.69, 9.17) is 5.73 Å². The lowest BCUT2D eigenvalue weighted by molar-refractivity contribution is -0.121. The average molecular weight is 277 g/mol. The molecule has 1 heterocycles. The molecular formula is C13H19N5O2. The fourth-order valence-electron chi connectivity index (χ4n) is 2.29. The van der Waals surface area contributed by atoms with Gasteiger partial charge in [0.15, 0.2) is 11.5 Å². The second kappa shape index (κ2) is 6.83. The first-order valence-electron chi connectivity index (χ1n) is 6.81. The Hall–Kier alpha value is -2.18. The van der Waals surface area contributed by atoms with Crippen LogP contribution >= 0.6 is 0 Å². The van der Waals surface area contributed by atoms with Gasteiger partial charge in [0.05, 0.1) is 6.54 Å². The smallest absolute Gasteiger partial charge is 0.274 e. The van der Waals surface area contributed by atoms with Gasteiger partial charge in [-0.1, -0.05) is 19.3 Å². The molecule has 0 bridgehead atoms. The number of rotatable bonds is 4. The van der Waals surface area contributed by atoms with Crippen LogP contribution in [0.4, 0.5) is 5.82 Å². The molecule has 1 aliphatic carbocycles. The summed E-state index contributed by atoms with van der Waals surface area (Å²) in [6, 6.07) is 0.231. The zero-order chi connectivity index (χ0) is 14.4. The van der Waals surface area contributed by atoms with Crippen molar-refractivity contribution in [1.82, 2.24) is 20.6 Å². The second-order valence-corrected chi connectivity index (χ2v) is 4.88. The maximum Gasteiger partial charge on any atom is 0.274 e. The Morgan fingerprint density at radius 1 is 1.20 bits per heavy atom. The number of aromatic nitrogens is 2. The number of carbonyl (C=O) groups is 2. The van der Waals surface area contributed by atoms with Gasteiger partial charge in [-0.2, -0.15) is 0 Å². The molecule has 4 N–H and O–H groups in total. The minimum atomic E-state index is -0.491. The third-order valence-corrected chi connectivity index (χ3v) is 3.32. The molecule has 1 saturated carbocycles. The van der Waals surface area contributed by atoms with Gasteiger partial charge in [0, 0.05) is 18.4 Å². The fraction of sp³-hybridized carbons (Fsp3) is 0.538. The third kappa shape index (κ3) is 3.91. The first-order valence-corrected chi connectivity index (χ1v) is 6.81. The zero-order valence-corrected chi connectivity index (χ0v) is 11.3. The van der Waals surface area contributed by atoms with E-state index in [2.05, 4.69) is 20.6 Å². The molecule has 1 fully saturated rings. The molecule has 1 aromatic heterocycles. The van der Waals surface area contributed by atoms with Crippen LogP contribution in [0.5, 0.6) is 0 Å². The van der Waals surface area contributed by atoms with Crippen molar-refractivity contribution in [3.05, 3.63) is 18.1 Å². The molecular weight excluding hydrogens is 258 g/mol. The van der Waals surface area contributed by atoms with E-state index in [1.54, 1.807) is 0 Å². The largest absolute Gasteiger partial charge is 0.382 e. The van der Waals surface area contributed by atoms with Gasteiger partial charge in [-0.25, -0.2) is 9.97 Å². The highest BCUT2D eigenvalue weighted by atomic mass is 16.2. The first kappa shape index (κ1) is 14.2. The van der Waals surface area contributed by atoms with Crippen molar-refractivity contribution < 1.29 is 9.59 Å². The standard InChI is InChI=1S/C13H19N5O2/c14-12-11(15-6-7-16-12)13(20)17-8-10(19)18-9-4-2-1-3-5-9/h6-7,9H,1-5,8H2,(H2,14,16)(H,17,20)(H,18,19). The van der Waals surface area contributed by atoms with Crippen molar-refractivity contribution in [2.45, 2.75) is 38.1 Å². The van der Waals surface area contributed by atoms with E-state index in [1.807, 2.05) is 0 Å². The maximum atomic E-state index is 11.8. The van der Waals surface area contributed by atoms with Crippen LogP contribution in [0.2, 0.25) is 0 Å². The molecule has 0 saturated heterocycles. The summed E-state index contributed by atoms with van der Waals surface area (Å²) in [5, 5.41) is 5.42. The Kier molecular flexibility index (Phi) is 4.86. The number of hydrogen-bond donors (Lipinski definition) is 3. The van der Waals surface area contributed by atoms with Crippen molar-refractivity contribution >= 4 is 17.6 Å². The van der Waals surface area contributed by atoms with Gasteiger partial charge < -0.3 is 16.4 Å². The van der Waals surface area contributed by atoms with Gasteiger partial charge in [0.1, 0.15) is 0 Å². The Balaban J connectivity index is 1.78. The van der Waals surface area contributed by atoms with Crippen molar-refractivity contribution in [2.75, 3.05) is 12.3 Å². The van der Waals surface area contributed by atoms with Crippen molar-refractivity contribution in [2.24, 2.45) is 0 Å². The van der Waals surface area contributed by atoms with E-state index in [0.29, 0.717) is 0 Å². The van der Waals surface area contributed by atoms with Gasteiger partial charge in [-0.3, -0.25) is 9.59 Å². The van der Waals surface area contributed by atoms with Crippen molar-refractivity contribution in [1.29, 1.82) is 0 Å². The lowest BCUT2D eigenvalue weighted by atomic mass is 9.95. The molecule has 0 aliphatic heterocycles. The number of nitrogens with one attached hydrogen (secondary N) is 2. The Morgan fingerprint density at radius 2 is 1.90 bits per heavy atom. The van der Waals surface area contributed by atoms with Crippen molar-refractivity contribution in [3.8, 4) is 0 Å². The van der Waals surface area contributed by atoms with Crippen LogP contribution in [-0.4, -0.2) is 34.4 Å². The normalized spacial score (nSPS) is 15.6. The highest BCUT2D eigenvalue weighted by molar-refractivity contribution is 5.98. The monoisotopic (exact) mass is 277 g/mol. The number of anilines is 1. The molecule has 2 amide bonds. The molecule has 20 heavy (non-hydrogen) atoms. The summed E-state index contributed by atoms with van der Waals surface area (Å²) >= 11 is 0. The molecule has 0 unspecified atom stereocenters. The van der Waals surface area contributed by atoms with Crippen LogP contribution in [0.3, 0.4) is 0 Å². The number of nitrogens with zero attached hydrogens (tertiary/aromatic N) is 2. The van der Waals surface area contributed by atoms with E-state index >= 15 is 0 Å². The molecule has 1 aromatic rings. The lowest BCUT2D eigenvalue weighted by Crippen LogP contribution is -2.42. The summed E-state index contributed by atoms with van der Waals surface area (Å²) in [5.74, 6) is -0.625. The summed E-state index contributed by atoms with van der Waals surface area (Å²) in [6.07, 6.45) is 8.33. The summed E-state index contributed by atoms with van der Waals surface area (Å²) in [7, 11) is 0. The van der Waals surface area contributed by atoms with E-state index < -0.39 is 5.91 Å². The van der Waals surface area contributed by atoms with Crippen LogP contribution in [0.15, 0.2) is 12.4 Å². The first-order chi connectivity index (χ1) is 9.66. The Bertz CT molecular complexity index is 485. The highest BCUT2D eigenvalue weighted by Gasteiger charge is 2.17. The Labute approximate surface area is 117 Å². The minimum Gasteiger partial charge on any atom is -0.382 e. The van der Waals surface area contributed by atoms with Crippen LogP contribution in [0.25, 0.3) is 0 Å². The molecule has 2 rings (SSSR count). The molecule has 0 radical (unpaired) electrons. The van der Waals surface area contributed by atoms with Crippen molar-refractivity contribution in [3.63, 3.8) is 0 Å². The topological polar surface area (TPSA) is 110 Å². The Morgan fingerprint density at radius 3 is 2.60 bits per heavy atom. The molecule has 0 atom stereocenters. The van der Waals surface area contributed by atoms with Gasteiger partial charge in [0.25, 0.3) is 5.91 Å². The predicted molar refractivity (Wildman–Crippen MR) is 73.8 cm³/mol. The third-order valence-electron chi connectivity index (χ3n) is 3.32. The van der Waals surface area contributed by atoms with Crippen LogP contribution in [0.1, 0.15) is 42.6 Å². The molecule has 0 aromatic carbocycles. The van der Waals surface area contributed by atoms with E-state index in [-0.39, 0.29) is 30.0 Å². The molecule has 0 spiro atoms. The predicted octanol–water partition coefficient (Wildman–Crippen LogP) is 0.237. The van der Waals surface area contributed by atoms with Crippen LogP contribution in [0, 0.1) is 0 Å². The minimum absolute atomic E-state index is 0.0398. The highest BCUT2D eigenvalue weighted by Crippen LogP contribution is 2.17. The SMILES string of the molecule is Nc1nccnc1C(=O)NCC(=O)NC1CCCCC1. The summed E-state index contributed by atoms with van der Waals surface area (Å²) in [4.78, 5) is 31.1. The summed E-state index contributed by atoms with van der Waals surface area (Å²) in [6.45, 7) is -0.0780. The average Bonchev–Trinajstić information content (AvgIpc) is 2.46. The zero-order valence-electron chi connectivity index (χ0n) is 11.3. The molecule has 7 nitrogen and oxygen atoms in total. The van der Waals surface area contributed by atoms with E-state index in [1.165, 1.54) is 18.8 Å². The second-order valence-electron chi connectivity index (χ2n) is 4.88. The number of hydrogen-bond acceptors (Lipinski definition) is 5. The number of nitrogens with two attached hydrogens (primary N) is 1. The summed E-state index contributed by atoms with van der Waals surface area (Å²) in [5.41, 5.74) is 5.58. The van der Waals surface area contributed by atoms with Crippen LogP contribution in [-0.2, 0) is 4.79 Å². The van der Waals surface area contributed by atoms with E-state index in [9.17, 15) is 9.59 Å². The fourth-order valence-corrected chi connectivity index (χ4v) is 2.29. The maximum absolute atomic E-state index is 11.8. The molecule has 108 valence electrons. The van der Waals surface area contributed by atoms with Gasteiger partial charge >= 0.3 is 0 Å². The number of carbonyl (C=O) groups excluding carboxylic acids is 2. The molecule has 7 heteroatoms. The van der Waals surface area contributed by atoms with Gasteiger partial charge in [-0.05, 0) is 12.8 Å². The van der Waals surface area contributed by atoms with Gasteiger partial charge in [-0.15, -0.1) is 0 Å². The molecule has 1 aliphatic rings. The lowest BCUT2D eigenvalue weighted by Gasteiger charge is -2.22. The number of nitrogen functional groups attached to an aromatic ring is 1.